The highest BCUT2D eigenvalue weighted by Crippen LogP contribution is 2.45. The Hall–Kier alpha value is -3.31. The van der Waals surface area contributed by atoms with Crippen molar-refractivity contribution in [1.82, 2.24) is 0 Å². The molecular formula is C27H30O14. The van der Waals surface area contributed by atoms with Gasteiger partial charge in [0.2, 0.25) is 0 Å². The van der Waals surface area contributed by atoms with Crippen LogP contribution in [-0.2, 0) is 14.2 Å². The SMILES string of the molecule is COc1cc(O)c2c(=O)cc(-c3ccc(O)cc3)oc2c1C1OC(CO)C(O)C(O)C1OC1OCC(O)C(O)C1O. The van der Waals surface area contributed by atoms with E-state index in [1.54, 1.807) is 0 Å². The largest absolute Gasteiger partial charge is 0.508 e. The Bertz CT molecular complexity index is 1440. The van der Waals surface area contributed by atoms with Crippen molar-refractivity contribution in [3.63, 3.8) is 0 Å². The molecular weight excluding hydrogens is 548 g/mol. The molecule has 2 aliphatic rings. The molecule has 14 nitrogen and oxygen atoms in total. The molecule has 9 atom stereocenters. The minimum Gasteiger partial charge on any atom is -0.508 e. The van der Waals surface area contributed by atoms with Crippen molar-refractivity contribution >= 4 is 11.0 Å². The summed E-state index contributed by atoms with van der Waals surface area (Å²) in [7, 11) is 1.26. The zero-order valence-electron chi connectivity index (χ0n) is 21.6. The van der Waals surface area contributed by atoms with Crippen LogP contribution in [0.25, 0.3) is 22.3 Å². The number of aliphatic hydroxyl groups excluding tert-OH is 6. The monoisotopic (exact) mass is 578 g/mol. The molecule has 14 heteroatoms. The van der Waals surface area contributed by atoms with Crippen LogP contribution in [0.2, 0.25) is 0 Å². The number of hydrogen-bond donors (Lipinski definition) is 8. The number of ether oxygens (including phenoxy) is 4. The molecule has 8 N–H and O–H groups in total. The first kappa shape index (κ1) is 29.2. The Morgan fingerprint density at radius 3 is 2.32 bits per heavy atom. The molecule has 222 valence electrons. The number of phenolic OH excluding ortho intramolecular Hbond substituents is 2. The second-order valence-corrected chi connectivity index (χ2v) is 9.85. The predicted octanol–water partition coefficient (Wildman–Crippen LogP) is -1.14. The number of aromatic hydroxyl groups is 2. The summed E-state index contributed by atoms with van der Waals surface area (Å²) in [6.45, 7) is -1.16. The maximum absolute atomic E-state index is 13.2. The maximum Gasteiger partial charge on any atom is 0.197 e. The van der Waals surface area contributed by atoms with Crippen molar-refractivity contribution in [3.8, 4) is 28.6 Å². The lowest BCUT2D eigenvalue weighted by atomic mass is 9.89. The predicted molar refractivity (Wildman–Crippen MR) is 137 cm³/mol. The van der Waals surface area contributed by atoms with Gasteiger partial charge >= 0.3 is 0 Å². The normalized spacial score (nSPS) is 32.2. The summed E-state index contributed by atoms with van der Waals surface area (Å²) in [5, 5.41) is 82.1. The van der Waals surface area contributed by atoms with Gasteiger partial charge in [-0.05, 0) is 24.3 Å². The molecule has 0 amide bonds. The first-order valence-electron chi connectivity index (χ1n) is 12.7. The summed E-state index contributed by atoms with van der Waals surface area (Å²) in [4.78, 5) is 13.2. The number of methoxy groups -OCH3 is 1. The lowest BCUT2D eigenvalue weighted by Gasteiger charge is -2.45. The minimum absolute atomic E-state index is 0.0279. The Morgan fingerprint density at radius 2 is 1.66 bits per heavy atom. The zero-order chi connectivity index (χ0) is 29.6. The van der Waals surface area contributed by atoms with Gasteiger partial charge in [-0.15, -0.1) is 0 Å². The number of aliphatic hydroxyl groups is 6. The summed E-state index contributed by atoms with van der Waals surface area (Å²) in [5.41, 5.74) is -0.566. The van der Waals surface area contributed by atoms with Crippen molar-refractivity contribution in [2.24, 2.45) is 0 Å². The van der Waals surface area contributed by atoms with Gasteiger partial charge in [0.05, 0.1) is 25.9 Å². The van der Waals surface area contributed by atoms with Crippen molar-refractivity contribution in [3.05, 3.63) is 52.2 Å². The van der Waals surface area contributed by atoms with Crippen molar-refractivity contribution < 1.29 is 64.2 Å². The highest BCUT2D eigenvalue weighted by atomic mass is 16.7. The van der Waals surface area contributed by atoms with Gasteiger partial charge in [0, 0.05) is 17.7 Å². The highest BCUT2D eigenvalue weighted by Gasteiger charge is 2.50. The fraction of sp³-hybridized carbons (Fsp3) is 0.444. The zero-order valence-corrected chi connectivity index (χ0v) is 21.6. The van der Waals surface area contributed by atoms with E-state index in [0.29, 0.717) is 5.56 Å². The van der Waals surface area contributed by atoms with E-state index in [-0.39, 0.29) is 33.8 Å². The molecule has 2 saturated heterocycles. The smallest absolute Gasteiger partial charge is 0.197 e. The van der Waals surface area contributed by atoms with Gasteiger partial charge in [-0.25, -0.2) is 0 Å². The van der Waals surface area contributed by atoms with Crippen LogP contribution in [0.3, 0.4) is 0 Å². The molecule has 0 radical (unpaired) electrons. The van der Waals surface area contributed by atoms with Gasteiger partial charge < -0.3 is 64.2 Å². The van der Waals surface area contributed by atoms with Gasteiger partial charge in [-0.3, -0.25) is 4.79 Å². The standard InChI is InChI=1S/C27H30O14/c1-37-16-7-13(31)18-12(30)6-15(10-2-4-11(29)5-3-10)39-24(18)19(16)25-26(22(35)21(34)17(8-28)40-25)41-27-23(36)20(33)14(32)9-38-27/h2-7,14,17,20-23,25-29,31-36H,8-9H2,1H3. The molecule has 2 fully saturated rings. The van der Waals surface area contributed by atoms with Crippen molar-refractivity contribution in [2.75, 3.05) is 20.3 Å². The van der Waals surface area contributed by atoms with E-state index in [9.17, 15) is 45.6 Å². The second kappa shape index (κ2) is 11.5. The lowest BCUT2D eigenvalue weighted by Crippen LogP contribution is -2.60. The molecule has 0 aliphatic carbocycles. The van der Waals surface area contributed by atoms with E-state index in [1.165, 1.54) is 31.4 Å². The number of hydrogen-bond acceptors (Lipinski definition) is 14. The lowest BCUT2D eigenvalue weighted by molar-refractivity contribution is -0.325. The van der Waals surface area contributed by atoms with Gasteiger partial charge in [0.25, 0.3) is 0 Å². The topological polar surface area (TPSA) is 229 Å². The van der Waals surface area contributed by atoms with E-state index in [2.05, 4.69) is 0 Å². The highest BCUT2D eigenvalue weighted by molar-refractivity contribution is 5.89. The molecule has 3 aromatic rings. The molecule has 0 saturated carbocycles. The average molecular weight is 579 g/mol. The van der Waals surface area contributed by atoms with Crippen LogP contribution in [0.4, 0.5) is 0 Å². The van der Waals surface area contributed by atoms with Crippen molar-refractivity contribution in [1.29, 1.82) is 0 Å². The Balaban J connectivity index is 1.69. The molecule has 0 bridgehead atoms. The molecule has 2 aromatic carbocycles. The first-order chi connectivity index (χ1) is 19.5. The van der Waals surface area contributed by atoms with Crippen LogP contribution >= 0.6 is 0 Å². The van der Waals surface area contributed by atoms with Gasteiger partial charge in [-0.2, -0.15) is 0 Å². The molecule has 2 aliphatic heterocycles. The van der Waals surface area contributed by atoms with Crippen LogP contribution in [0, 0.1) is 0 Å². The summed E-state index contributed by atoms with van der Waals surface area (Å²) in [6.07, 6.45) is -14.4. The third-order valence-corrected chi connectivity index (χ3v) is 7.25. The molecule has 5 rings (SSSR count). The number of fused-ring (bicyclic) bond motifs is 1. The second-order valence-electron chi connectivity index (χ2n) is 9.85. The number of benzene rings is 2. The van der Waals surface area contributed by atoms with Crippen LogP contribution < -0.4 is 10.2 Å². The van der Waals surface area contributed by atoms with Gasteiger partial charge in [0.1, 0.15) is 77.2 Å². The van der Waals surface area contributed by atoms with Crippen LogP contribution in [-0.4, -0.2) is 110 Å². The molecule has 3 heterocycles. The van der Waals surface area contributed by atoms with E-state index < -0.39 is 79.5 Å². The summed E-state index contributed by atoms with van der Waals surface area (Å²) in [5.74, 6) is -0.574. The Morgan fingerprint density at radius 1 is 0.951 bits per heavy atom. The first-order valence-corrected chi connectivity index (χ1v) is 12.7. The maximum atomic E-state index is 13.2. The summed E-state index contributed by atoms with van der Waals surface area (Å²) < 4.78 is 28.6. The van der Waals surface area contributed by atoms with Crippen molar-refractivity contribution in [2.45, 2.75) is 55.1 Å². The van der Waals surface area contributed by atoms with E-state index in [4.69, 9.17) is 23.4 Å². The third kappa shape index (κ3) is 5.25. The van der Waals surface area contributed by atoms with E-state index in [1.807, 2.05) is 0 Å². The quantitative estimate of drug-likeness (QED) is 0.173. The van der Waals surface area contributed by atoms with Gasteiger partial charge in [0.15, 0.2) is 17.3 Å². The van der Waals surface area contributed by atoms with E-state index in [0.717, 1.165) is 12.1 Å². The Kier molecular flexibility index (Phi) is 8.20. The van der Waals surface area contributed by atoms with Crippen LogP contribution in [0.5, 0.6) is 17.2 Å². The summed E-state index contributed by atoms with van der Waals surface area (Å²) >= 11 is 0. The fourth-order valence-corrected chi connectivity index (χ4v) is 5.05. The summed E-state index contributed by atoms with van der Waals surface area (Å²) in [6, 6.07) is 7.99. The van der Waals surface area contributed by atoms with Crippen LogP contribution in [0.1, 0.15) is 11.7 Å². The fourth-order valence-electron chi connectivity index (χ4n) is 5.05. The molecule has 41 heavy (non-hydrogen) atoms. The number of rotatable bonds is 6. The number of phenols is 2. The molecule has 9 unspecified atom stereocenters. The Labute approximate surface area is 231 Å². The molecule has 1 aromatic heterocycles. The average Bonchev–Trinajstić information content (AvgIpc) is 2.95. The van der Waals surface area contributed by atoms with Gasteiger partial charge in [-0.1, -0.05) is 0 Å². The molecule has 0 spiro atoms. The minimum atomic E-state index is -1.79. The van der Waals surface area contributed by atoms with E-state index >= 15 is 0 Å². The third-order valence-electron chi connectivity index (χ3n) is 7.25. The van der Waals surface area contributed by atoms with Crippen LogP contribution in [0.15, 0.2) is 45.6 Å².